The lowest BCUT2D eigenvalue weighted by atomic mass is 10.0. The van der Waals surface area contributed by atoms with Crippen LogP contribution in [0.4, 0.5) is 5.82 Å². The summed E-state index contributed by atoms with van der Waals surface area (Å²) in [7, 11) is 3.52. The van der Waals surface area contributed by atoms with Crippen molar-refractivity contribution < 1.29 is 14.3 Å². The molecule has 3 aromatic heterocycles. The fraction of sp³-hybridized carbons (Fsp3) is 0.552. The third kappa shape index (κ3) is 4.93. The van der Waals surface area contributed by atoms with Crippen LogP contribution in [0.15, 0.2) is 24.3 Å². The Hall–Kier alpha value is -3.61. The number of aryl methyl sites for hydroxylation is 1. The number of hydrogen-bond acceptors (Lipinski definition) is 9. The van der Waals surface area contributed by atoms with Gasteiger partial charge in [0.15, 0.2) is 17.0 Å². The van der Waals surface area contributed by atoms with Gasteiger partial charge in [-0.15, -0.1) is 0 Å². The number of benzene rings is 1. The summed E-state index contributed by atoms with van der Waals surface area (Å²) in [6, 6.07) is 7.92. The lowest BCUT2D eigenvalue weighted by Crippen LogP contribution is -2.54. The largest absolute Gasteiger partial charge is 0.378 e. The van der Waals surface area contributed by atoms with Gasteiger partial charge in [0.1, 0.15) is 11.9 Å². The fourth-order valence-corrected chi connectivity index (χ4v) is 5.68. The molecule has 2 aliphatic heterocycles. The maximum atomic E-state index is 13.8. The summed E-state index contributed by atoms with van der Waals surface area (Å²) in [4.78, 5) is 40.1. The van der Waals surface area contributed by atoms with Crippen LogP contribution in [-0.4, -0.2) is 110 Å². The molecule has 2 saturated heterocycles. The quantitative estimate of drug-likeness (QED) is 0.364. The molecule has 12 heteroatoms. The second-order valence-electron chi connectivity index (χ2n) is 11.7. The number of anilines is 1. The molecule has 0 N–H and O–H groups in total. The molecule has 0 saturated carbocycles. The summed E-state index contributed by atoms with van der Waals surface area (Å²) in [5, 5.41) is 0. The molecular formula is C29H39N9O3. The highest BCUT2D eigenvalue weighted by atomic mass is 16.5. The smallest absolute Gasteiger partial charge is 0.290 e. The van der Waals surface area contributed by atoms with Crippen LogP contribution in [0.1, 0.15) is 50.2 Å². The molecule has 0 spiro atoms. The van der Waals surface area contributed by atoms with Crippen LogP contribution < -0.4 is 4.90 Å². The van der Waals surface area contributed by atoms with Crippen molar-refractivity contribution in [2.75, 3.05) is 64.5 Å². The van der Waals surface area contributed by atoms with Crippen molar-refractivity contribution in [2.45, 2.75) is 39.3 Å². The summed E-state index contributed by atoms with van der Waals surface area (Å²) >= 11 is 0. The number of nitrogens with zero attached hydrogens (tertiary/aromatic N) is 9. The van der Waals surface area contributed by atoms with Gasteiger partial charge in [-0.3, -0.25) is 14.3 Å². The van der Waals surface area contributed by atoms with Crippen LogP contribution in [0.25, 0.3) is 28.1 Å². The molecule has 1 amide bonds. The monoisotopic (exact) mass is 561 g/mol. The average Bonchev–Trinajstić information content (AvgIpc) is 3.54. The Balaban J connectivity index is 1.47. The lowest BCUT2D eigenvalue weighted by molar-refractivity contribution is 0.0440. The van der Waals surface area contributed by atoms with Crippen LogP contribution in [0.3, 0.4) is 0 Å². The summed E-state index contributed by atoms with van der Waals surface area (Å²) in [5.41, 5.74) is 3.00. The minimum Gasteiger partial charge on any atom is -0.378 e. The Morgan fingerprint density at radius 1 is 0.976 bits per heavy atom. The van der Waals surface area contributed by atoms with Crippen molar-refractivity contribution >= 4 is 33.9 Å². The number of amides is 1. The molecule has 4 aromatic rings. The highest BCUT2D eigenvalue weighted by molar-refractivity contribution is 5.96. The van der Waals surface area contributed by atoms with Crippen molar-refractivity contribution in [1.82, 2.24) is 38.9 Å². The highest BCUT2D eigenvalue weighted by Crippen LogP contribution is 2.30. The molecule has 1 unspecified atom stereocenters. The number of imidazole rings is 2. The van der Waals surface area contributed by atoms with Crippen molar-refractivity contribution in [3.8, 4) is 5.95 Å². The van der Waals surface area contributed by atoms with Gasteiger partial charge >= 0.3 is 0 Å². The molecule has 0 aliphatic carbocycles. The molecule has 2 fully saturated rings. The third-order valence-electron chi connectivity index (χ3n) is 8.21. The van der Waals surface area contributed by atoms with Gasteiger partial charge in [-0.1, -0.05) is 12.1 Å². The Bertz CT molecular complexity index is 1570. The third-order valence-corrected chi connectivity index (χ3v) is 8.21. The van der Waals surface area contributed by atoms with E-state index >= 15 is 0 Å². The Labute approximate surface area is 239 Å². The predicted molar refractivity (Wildman–Crippen MR) is 157 cm³/mol. The number of methoxy groups -OCH3 is 1. The lowest BCUT2D eigenvalue weighted by Gasteiger charge is -2.42. The number of carbonyl (C=O) groups is 1. The predicted octanol–water partition coefficient (Wildman–Crippen LogP) is 2.80. The normalized spacial score (nSPS) is 18.0. The number of hydrogen-bond donors (Lipinski definition) is 0. The van der Waals surface area contributed by atoms with Crippen LogP contribution >= 0.6 is 0 Å². The van der Waals surface area contributed by atoms with E-state index in [0.29, 0.717) is 74.0 Å². The minimum atomic E-state index is -0.288. The topological polar surface area (TPSA) is 107 Å². The molecule has 0 radical (unpaired) electrons. The second-order valence-corrected chi connectivity index (χ2v) is 11.7. The zero-order valence-corrected chi connectivity index (χ0v) is 24.8. The number of ether oxygens (including phenoxy) is 2. The summed E-state index contributed by atoms with van der Waals surface area (Å²) in [6.45, 7) is 14.1. The van der Waals surface area contributed by atoms with E-state index in [0.717, 1.165) is 24.1 Å². The SMILES string of the molecule is COC(C)c1nc2ccccc2n1-c1nc(N2CCOCC2)c2nc(C(=O)N3CCN(C(C)(C)C)CC3)n(C)c2n1. The number of carbonyl (C=O) groups excluding carboxylic acids is 1. The van der Waals surface area contributed by atoms with Crippen LogP contribution in [0.2, 0.25) is 0 Å². The number of para-hydroxylation sites is 2. The second kappa shape index (κ2) is 10.7. The van der Waals surface area contributed by atoms with E-state index in [9.17, 15) is 4.79 Å². The molecule has 218 valence electrons. The van der Waals surface area contributed by atoms with Gasteiger partial charge in [-0.05, 0) is 39.8 Å². The average molecular weight is 562 g/mol. The van der Waals surface area contributed by atoms with E-state index in [2.05, 4.69) is 30.6 Å². The van der Waals surface area contributed by atoms with Gasteiger partial charge in [0.05, 0.1) is 24.2 Å². The molecule has 6 rings (SSSR count). The van der Waals surface area contributed by atoms with E-state index in [1.54, 1.807) is 7.11 Å². The van der Waals surface area contributed by atoms with E-state index < -0.39 is 0 Å². The van der Waals surface area contributed by atoms with E-state index in [-0.39, 0.29) is 17.6 Å². The molecular weight excluding hydrogens is 522 g/mol. The van der Waals surface area contributed by atoms with Crippen molar-refractivity contribution in [2.24, 2.45) is 7.05 Å². The maximum Gasteiger partial charge on any atom is 0.290 e. The standard InChI is InChI=1S/C29H39N9O3/c1-19(40-6)23-30-20-9-7-8-10-21(20)38(23)28-32-24-22(25(33-28)35-15-17-41-18-16-35)31-26(34(24)5)27(39)36-11-13-37(14-12-36)29(2,3)4/h7-10,19H,11-18H2,1-6H3. The number of piperazine rings is 1. The molecule has 0 bridgehead atoms. The fourth-order valence-electron chi connectivity index (χ4n) is 5.68. The number of aromatic nitrogens is 6. The van der Waals surface area contributed by atoms with Crippen LogP contribution in [-0.2, 0) is 16.5 Å². The van der Waals surface area contributed by atoms with E-state index in [4.69, 9.17) is 29.4 Å². The molecule has 12 nitrogen and oxygen atoms in total. The molecule has 1 aromatic carbocycles. The number of morpholine rings is 1. The van der Waals surface area contributed by atoms with Crippen molar-refractivity contribution in [3.63, 3.8) is 0 Å². The van der Waals surface area contributed by atoms with Gasteiger partial charge in [0, 0.05) is 59.0 Å². The first kappa shape index (κ1) is 27.6. The number of rotatable bonds is 5. The number of fused-ring (bicyclic) bond motifs is 2. The van der Waals surface area contributed by atoms with Crippen LogP contribution in [0, 0.1) is 0 Å². The molecule has 2 aliphatic rings. The molecule has 1 atom stereocenters. The zero-order chi connectivity index (χ0) is 28.9. The first-order chi connectivity index (χ1) is 19.7. The Kier molecular flexibility index (Phi) is 7.16. The Morgan fingerprint density at radius 2 is 1.68 bits per heavy atom. The van der Waals surface area contributed by atoms with Gasteiger partial charge < -0.3 is 23.8 Å². The Morgan fingerprint density at radius 3 is 2.37 bits per heavy atom. The van der Waals surface area contributed by atoms with Crippen LogP contribution in [0.5, 0.6) is 0 Å². The zero-order valence-electron chi connectivity index (χ0n) is 24.8. The first-order valence-electron chi connectivity index (χ1n) is 14.3. The van der Waals surface area contributed by atoms with Crippen molar-refractivity contribution in [3.05, 3.63) is 35.9 Å². The van der Waals surface area contributed by atoms with Gasteiger partial charge in [-0.2, -0.15) is 9.97 Å². The van der Waals surface area contributed by atoms with Gasteiger partial charge in [0.25, 0.3) is 5.91 Å². The van der Waals surface area contributed by atoms with E-state index in [1.165, 1.54) is 0 Å². The first-order valence-corrected chi connectivity index (χ1v) is 14.3. The highest BCUT2D eigenvalue weighted by Gasteiger charge is 2.32. The van der Waals surface area contributed by atoms with E-state index in [1.807, 2.05) is 52.3 Å². The summed E-state index contributed by atoms with van der Waals surface area (Å²) < 4.78 is 15.1. The maximum absolute atomic E-state index is 13.8. The minimum absolute atomic E-state index is 0.0722. The molecule has 5 heterocycles. The van der Waals surface area contributed by atoms with Gasteiger partial charge in [0.2, 0.25) is 11.8 Å². The summed E-state index contributed by atoms with van der Waals surface area (Å²) in [5.74, 6) is 2.14. The molecule has 41 heavy (non-hydrogen) atoms. The van der Waals surface area contributed by atoms with Gasteiger partial charge in [-0.25, -0.2) is 9.97 Å². The van der Waals surface area contributed by atoms with Crippen molar-refractivity contribution in [1.29, 1.82) is 0 Å². The summed E-state index contributed by atoms with van der Waals surface area (Å²) in [6.07, 6.45) is -0.288.